The zero-order valence-electron chi connectivity index (χ0n) is 14.3. The summed E-state index contributed by atoms with van der Waals surface area (Å²) in [6.45, 7) is 0. The lowest BCUT2D eigenvalue weighted by Crippen LogP contribution is -2.33. The number of hydrogen-bond acceptors (Lipinski definition) is 4. The van der Waals surface area contributed by atoms with Gasteiger partial charge in [-0.3, -0.25) is 14.2 Å². The van der Waals surface area contributed by atoms with Crippen LogP contribution in [0.1, 0.15) is 5.56 Å². The Balaban J connectivity index is 2.41. The van der Waals surface area contributed by atoms with Gasteiger partial charge < -0.3 is 5.32 Å². The smallest absolute Gasteiger partial charge is 0.273 e. The van der Waals surface area contributed by atoms with E-state index in [0.29, 0.717) is 14.9 Å². The van der Waals surface area contributed by atoms with E-state index in [1.54, 1.807) is 30.3 Å². The Hall–Kier alpha value is -2.95. The molecule has 27 heavy (non-hydrogen) atoms. The highest BCUT2D eigenvalue weighted by Crippen LogP contribution is 2.12. The van der Waals surface area contributed by atoms with Crippen molar-refractivity contribution in [3.8, 4) is 11.8 Å². The van der Waals surface area contributed by atoms with Crippen molar-refractivity contribution in [2.24, 2.45) is 0 Å². The molecule has 0 bridgehead atoms. The van der Waals surface area contributed by atoms with Crippen LogP contribution in [-0.4, -0.2) is 17.5 Å². The van der Waals surface area contributed by atoms with Crippen LogP contribution in [0.25, 0.3) is 17.3 Å². The number of benzene rings is 2. The Labute approximate surface area is 167 Å². The molecule has 0 aliphatic carbocycles. The van der Waals surface area contributed by atoms with Gasteiger partial charge in [-0.15, -0.1) is 11.3 Å². The summed E-state index contributed by atoms with van der Waals surface area (Å²) in [5.41, 5.74) is 1.06. The summed E-state index contributed by atoms with van der Waals surface area (Å²) in [5.74, 6) is -0.530. The number of nitrogens with zero attached hydrogens (tertiary/aromatic N) is 2. The van der Waals surface area contributed by atoms with Gasteiger partial charge in [-0.2, -0.15) is 5.26 Å². The van der Waals surface area contributed by atoms with Crippen molar-refractivity contribution < 1.29 is 4.79 Å². The van der Waals surface area contributed by atoms with Crippen LogP contribution < -0.4 is 20.1 Å². The number of nitriles is 1. The fourth-order valence-electron chi connectivity index (χ4n) is 2.53. The molecule has 0 fully saturated rings. The van der Waals surface area contributed by atoms with Crippen LogP contribution in [0.15, 0.2) is 63.9 Å². The predicted molar refractivity (Wildman–Crippen MR) is 110 cm³/mol. The third-order valence-electron chi connectivity index (χ3n) is 3.76. The molecular formula is C20H14BrN3O2S. The molecule has 1 heterocycles. The molecule has 3 aromatic rings. The minimum atomic E-state index is -0.530. The number of carbonyl (C=O) groups is 1. The SMILES string of the molecule is CNC(=O)/C(C#N)=c1/s/c(=C/c2cccc(Br)c2)c(=O)n1-c1ccccc1. The van der Waals surface area contributed by atoms with E-state index in [9.17, 15) is 14.9 Å². The summed E-state index contributed by atoms with van der Waals surface area (Å²) in [5, 5.41) is 12.0. The Kier molecular flexibility index (Phi) is 5.69. The number of halogens is 1. The Morgan fingerprint density at radius 2 is 1.96 bits per heavy atom. The summed E-state index contributed by atoms with van der Waals surface area (Å²) in [7, 11) is 1.45. The van der Waals surface area contributed by atoms with Crippen molar-refractivity contribution in [2.75, 3.05) is 7.05 Å². The van der Waals surface area contributed by atoms with E-state index in [1.807, 2.05) is 36.4 Å². The fourth-order valence-corrected chi connectivity index (χ4v) is 4.05. The van der Waals surface area contributed by atoms with Crippen LogP contribution in [0.5, 0.6) is 0 Å². The van der Waals surface area contributed by atoms with E-state index >= 15 is 0 Å². The molecule has 0 unspecified atom stereocenters. The van der Waals surface area contributed by atoms with E-state index in [2.05, 4.69) is 21.2 Å². The van der Waals surface area contributed by atoms with Crippen LogP contribution in [-0.2, 0) is 4.79 Å². The molecule has 0 radical (unpaired) electrons. The second kappa shape index (κ2) is 8.16. The Morgan fingerprint density at radius 3 is 2.59 bits per heavy atom. The van der Waals surface area contributed by atoms with Crippen LogP contribution >= 0.6 is 27.3 Å². The van der Waals surface area contributed by atoms with Crippen LogP contribution in [0.2, 0.25) is 0 Å². The van der Waals surface area contributed by atoms with Gasteiger partial charge in [0, 0.05) is 11.5 Å². The topological polar surface area (TPSA) is 74.9 Å². The van der Waals surface area contributed by atoms with E-state index in [0.717, 1.165) is 21.4 Å². The quantitative estimate of drug-likeness (QED) is 0.677. The molecule has 3 rings (SSSR count). The van der Waals surface area contributed by atoms with E-state index in [4.69, 9.17) is 0 Å². The van der Waals surface area contributed by atoms with Crippen molar-refractivity contribution in [3.05, 3.63) is 84.2 Å². The lowest BCUT2D eigenvalue weighted by atomic mass is 10.2. The molecule has 7 heteroatoms. The Morgan fingerprint density at radius 1 is 1.22 bits per heavy atom. The first kappa shape index (κ1) is 18.8. The molecule has 0 saturated heterocycles. The van der Waals surface area contributed by atoms with Gasteiger partial charge in [-0.1, -0.05) is 46.3 Å². The molecular weight excluding hydrogens is 426 g/mol. The predicted octanol–water partition coefficient (Wildman–Crippen LogP) is 1.91. The van der Waals surface area contributed by atoms with Gasteiger partial charge in [0.15, 0.2) is 5.57 Å². The molecule has 0 saturated carbocycles. The van der Waals surface area contributed by atoms with Gasteiger partial charge in [0.2, 0.25) is 0 Å². The first-order chi connectivity index (χ1) is 13.0. The molecule has 2 aromatic carbocycles. The van der Waals surface area contributed by atoms with Crippen molar-refractivity contribution in [2.45, 2.75) is 0 Å². The normalized spacial score (nSPS) is 12.4. The summed E-state index contributed by atoms with van der Waals surface area (Å²) < 4.78 is 3.03. The lowest BCUT2D eigenvalue weighted by molar-refractivity contribution is -0.115. The van der Waals surface area contributed by atoms with Crippen LogP contribution in [0.3, 0.4) is 0 Å². The van der Waals surface area contributed by atoms with Crippen LogP contribution in [0.4, 0.5) is 0 Å². The van der Waals surface area contributed by atoms with Crippen molar-refractivity contribution >= 4 is 44.8 Å². The van der Waals surface area contributed by atoms with Crippen molar-refractivity contribution in [1.82, 2.24) is 9.88 Å². The molecule has 1 amide bonds. The van der Waals surface area contributed by atoms with Gasteiger partial charge >= 0.3 is 0 Å². The zero-order valence-corrected chi connectivity index (χ0v) is 16.7. The Bertz CT molecular complexity index is 1220. The van der Waals surface area contributed by atoms with Gasteiger partial charge in [0.05, 0.1) is 10.2 Å². The molecule has 0 aliphatic heterocycles. The van der Waals surface area contributed by atoms with Crippen molar-refractivity contribution in [1.29, 1.82) is 5.26 Å². The maximum atomic E-state index is 13.1. The lowest BCUT2D eigenvalue weighted by Gasteiger charge is -2.02. The molecule has 1 N–H and O–H groups in total. The maximum absolute atomic E-state index is 13.1. The number of thiazole rings is 1. The summed E-state index contributed by atoms with van der Waals surface area (Å²) in [6, 6.07) is 18.4. The summed E-state index contributed by atoms with van der Waals surface area (Å²) in [4.78, 5) is 25.2. The number of carbonyl (C=O) groups excluding carboxylic acids is 1. The van der Waals surface area contributed by atoms with E-state index in [-0.39, 0.29) is 11.1 Å². The first-order valence-electron chi connectivity index (χ1n) is 7.96. The third kappa shape index (κ3) is 3.92. The molecule has 5 nitrogen and oxygen atoms in total. The second-order valence-corrected chi connectivity index (χ2v) is 7.46. The van der Waals surface area contributed by atoms with Gasteiger partial charge in [0.25, 0.3) is 11.5 Å². The third-order valence-corrected chi connectivity index (χ3v) is 5.35. The monoisotopic (exact) mass is 439 g/mol. The highest BCUT2D eigenvalue weighted by Gasteiger charge is 2.15. The number of rotatable bonds is 3. The highest BCUT2D eigenvalue weighted by atomic mass is 79.9. The highest BCUT2D eigenvalue weighted by molar-refractivity contribution is 9.10. The van der Waals surface area contributed by atoms with Gasteiger partial charge in [-0.25, -0.2) is 0 Å². The average molecular weight is 440 g/mol. The molecule has 1 aromatic heterocycles. The second-order valence-electron chi connectivity index (χ2n) is 5.51. The van der Waals surface area contributed by atoms with E-state index in [1.165, 1.54) is 11.6 Å². The molecule has 0 aliphatic rings. The number of para-hydroxylation sites is 1. The van der Waals surface area contributed by atoms with E-state index < -0.39 is 5.91 Å². The molecule has 0 spiro atoms. The summed E-state index contributed by atoms with van der Waals surface area (Å²) >= 11 is 4.53. The average Bonchev–Trinajstić information content (AvgIpc) is 2.99. The molecule has 134 valence electrons. The van der Waals surface area contributed by atoms with Crippen LogP contribution in [0, 0.1) is 11.3 Å². The van der Waals surface area contributed by atoms with Gasteiger partial charge in [-0.05, 0) is 35.9 Å². The number of amides is 1. The largest absolute Gasteiger partial charge is 0.354 e. The van der Waals surface area contributed by atoms with Gasteiger partial charge in [0.1, 0.15) is 10.7 Å². The summed E-state index contributed by atoms with van der Waals surface area (Å²) in [6.07, 6.45) is 1.75. The maximum Gasteiger partial charge on any atom is 0.273 e. The minimum absolute atomic E-state index is 0.0997. The fraction of sp³-hybridized carbons (Fsp3) is 0.0500. The minimum Gasteiger partial charge on any atom is -0.354 e. The number of hydrogen-bond donors (Lipinski definition) is 1. The molecule has 0 atom stereocenters. The zero-order chi connectivity index (χ0) is 19.4. The van der Waals surface area contributed by atoms with Crippen molar-refractivity contribution in [3.63, 3.8) is 0 Å². The number of nitrogens with one attached hydrogen (secondary N) is 1. The number of aromatic nitrogens is 1. The first-order valence-corrected chi connectivity index (χ1v) is 9.57. The standard InChI is InChI=1S/C20H14BrN3O2S/c1-23-18(25)16(12-22)20-24(15-8-3-2-4-9-15)19(26)17(27-20)11-13-6-5-7-14(21)10-13/h2-11H,1H3,(H,23,25)/b17-11+,20-16+.